The van der Waals surface area contributed by atoms with E-state index in [1.807, 2.05) is 30.3 Å². The Morgan fingerprint density at radius 1 is 0.962 bits per heavy atom. The SMILES string of the molecule is CC(NC(=O)CCC(=O)c1ccc(Cl)cc1)C(=O)NCc1ccccc1. The Labute approximate surface area is 157 Å². The van der Waals surface area contributed by atoms with Gasteiger partial charge in [0.2, 0.25) is 11.8 Å². The molecule has 2 N–H and O–H groups in total. The number of carbonyl (C=O) groups excluding carboxylic acids is 3. The zero-order valence-corrected chi connectivity index (χ0v) is 15.3. The van der Waals surface area contributed by atoms with Crippen LogP contribution >= 0.6 is 11.6 Å². The maximum absolute atomic E-state index is 12.0. The summed E-state index contributed by atoms with van der Waals surface area (Å²) in [4.78, 5) is 36.0. The number of ketones is 1. The summed E-state index contributed by atoms with van der Waals surface area (Å²) in [5.41, 5.74) is 1.49. The number of hydrogen-bond donors (Lipinski definition) is 2. The van der Waals surface area contributed by atoms with E-state index in [-0.39, 0.29) is 30.4 Å². The molecule has 26 heavy (non-hydrogen) atoms. The van der Waals surface area contributed by atoms with Crippen LogP contribution in [-0.4, -0.2) is 23.6 Å². The molecule has 2 aromatic rings. The van der Waals surface area contributed by atoms with Crippen LogP contribution in [0, 0.1) is 0 Å². The summed E-state index contributed by atoms with van der Waals surface area (Å²) < 4.78 is 0. The molecule has 6 heteroatoms. The van der Waals surface area contributed by atoms with Crippen LogP contribution in [0.15, 0.2) is 54.6 Å². The summed E-state index contributed by atoms with van der Waals surface area (Å²) in [5.74, 6) is -0.751. The van der Waals surface area contributed by atoms with Crippen molar-refractivity contribution in [1.29, 1.82) is 0 Å². The fourth-order valence-corrected chi connectivity index (χ4v) is 2.45. The third-order valence-corrected chi connectivity index (χ3v) is 4.08. The third-order valence-electron chi connectivity index (χ3n) is 3.83. The van der Waals surface area contributed by atoms with Gasteiger partial charge in [0.05, 0.1) is 0 Å². The van der Waals surface area contributed by atoms with Gasteiger partial charge in [-0.25, -0.2) is 0 Å². The molecule has 0 bridgehead atoms. The molecule has 5 nitrogen and oxygen atoms in total. The van der Waals surface area contributed by atoms with Gasteiger partial charge in [0.15, 0.2) is 5.78 Å². The molecule has 1 atom stereocenters. The second-order valence-electron chi connectivity index (χ2n) is 5.92. The van der Waals surface area contributed by atoms with Gasteiger partial charge < -0.3 is 10.6 Å². The highest BCUT2D eigenvalue weighted by Gasteiger charge is 2.16. The number of amides is 2. The smallest absolute Gasteiger partial charge is 0.242 e. The molecule has 0 spiro atoms. The average molecular weight is 373 g/mol. The lowest BCUT2D eigenvalue weighted by Gasteiger charge is -2.14. The number of hydrogen-bond acceptors (Lipinski definition) is 3. The van der Waals surface area contributed by atoms with E-state index < -0.39 is 6.04 Å². The van der Waals surface area contributed by atoms with Crippen LogP contribution in [0.3, 0.4) is 0 Å². The van der Waals surface area contributed by atoms with E-state index in [1.54, 1.807) is 31.2 Å². The maximum Gasteiger partial charge on any atom is 0.242 e. The van der Waals surface area contributed by atoms with Crippen molar-refractivity contribution in [3.8, 4) is 0 Å². The lowest BCUT2D eigenvalue weighted by Crippen LogP contribution is -2.44. The van der Waals surface area contributed by atoms with Crippen molar-refractivity contribution in [2.75, 3.05) is 0 Å². The van der Waals surface area contributed by atoms with Crippen LogP contribution in [-0.2, 0) is 16.1 Å². The van der Waals surface area contributed by atoms with Crippen LogP contribution in [0.2, 0.25) is 5.02 Å². The van der Waals surface area contributed by atoms with Crippen molar-refractivity contribution in [3.05, 3.63) is 70.7 Å². The number of Topliss-reactive ketones (excluding diaryl/α,β-unsaturated/α-hetero) is 1. The Morgan fingerprint density at radius 2 is 1.62 bits per heavy atom. The Kier molecular flexibility index (Phi) is 7.36. The summed E-state index contributed by atoms with van der Waals surface area (Å²) >= 11 is 5.78. The minimum absolute atomic E-state index is 0.0256. The van der Waals surface area contributed by atoms with Crippen molar-refractivity contribution in [2.45, 2.75) is 32.4 Å². The molecule has 0 radical (unpaired) electrons. The fraction of sp³-hybridized carbons (Fsp3) is 0.250. The molecule has 0 aliphatic carbocycles. The largest absolute Gasteiger partial charge is 0.350 e. The van der Waals surface area contributed by atoms with Crippen LogP contribution in [0.25, 0.3) is 0 Å². The van der Waals surface area contributed by atoms with E-state index in [1.165, 1.54) is 0 Å². The fourth-order valence-electron chi connectivity index (χ4n) is 2.32. The van der Waals surface area contributed by atoms with Gasteiger partial charge in [-0.3, -0.25) is 14.4 Å². The molecule has 0 saturated carbocycles. The van der Waals surface area contributed by atoms with Crippen molar-refractivity contribution < 1.29 is 14.4 Å². The van der Waals surface area contributed by atoms with Gasteiger partial charge in [-0.2, -0.15) is 0 Å². The van der Waals surface area contributed by atoms with E-state index in [9.17, 15) is 14.4 Å². The molecule has 136 valence electrons. The van der Waals surface area contributed by atoms with Gasteiger partial charge in [0.1, 0.15) is 6.04 Å². The highest BCUT2D eigenvalue weighted by molar-refractivity contribution is 6.30. The zero-order valence-electron chi connectivity index (χ0n) is 14.5. The van der Waals surface area contributed by atoms with Crippen molar-refractivity contribution in [2.24, 2.45) is 0 Å². The van der Waals surface area contributed by atoms with E-state index in [0.717, 1.165) is 5.56 Å². The highest BCUT2D eigenvalue weighted by atomic mass is 35.5. The quantitative estimate of drug-likeness (QED) is 0.699. The summed E-state index contributed by atoms with van der Waals surface area (Å²) in [6.07, 6.45) is 0.101. The highest BCUT2D eigenvalue weighted by Crippen LogP contribution is 2.11. The lowest BCUT2D eigenvalue weighted by atomic mass is 10.1. The van der Waals surface area contributed by atoms with Crippen LogP contribution < -0.4 is 10.6 Å². The predicted octanol–water partition coefficient (Wildman–Crippen LogP) is 3.12. The van der Waals surface area contributed by atoms with Crippen LogP contribution in [0.5, 0.6) is 0 Å². The molecule has 0 aromatic heterocycles. The number of halogens is 1. The predicted molar refractivity (Wildman–Crippen MR) is 101 cm³/mol. The van der Waals surface area contributed by atoms with Gasteiger partial charge in [-0.1, -0.05) is 41.9 Å². The van der Waals surface area contributed by atoms with Gasteiger partial charge in [0.25, 0.3) is 0 Å². The molecule has 0 heterocycles. The van der Waals surface area contributed by atoms with Crippen molar-refractivity contribution in [3.63, 3.8) is 0 Å². The molecule has 2 rings (SSSR count). The summed E-state index contributed by atoms with van der Waals surface area (Å²) in [5, 5.41) is 5.93. The molecule has 0 aliphatic rings. The van der Waals surface area contributed by atoms with Crippen molar-refractivity contribution >= 4 is 29.2 Å². The molecule has 2 amide bonds. The number of rotatable bonds is 8. The minimum atomic E-state index is -0.670. The van der Waals surface area contributed by atoms with Crippen molar-refractivity contribution in [1.82, 2.24) is 10.6 Å². The van der Waals surface area contributed by atoms with Crippen LogP contribution in [0.1, 0.15) is 35.7 Å². The van der Waals surface area contributed by atoms with Gasteiger partial charge >= 0.3 is 0 Å². The minimum Gasteiger partial charge on any atom is -0.350 e. The second-order valence-corrected chi connectivity index (χ2v) is 6.36. The second kappa shape index (κ2) is 9.73. The zero-order chi connectivity index (χ0) is 18.9. The molecule has 2 aromatic carbocycles. The first-order chi connectivity index (χ1) is 12.5. The first kappa shape index (κ1) is 19.7. The number of benzene rings is 2. The molecular formula is C20H21ClN2O3. The molecule has 1 unspecified atom stereocenters. The Hall–Kier alpha value is -2.66. The third kappa shape index (κ3) is 6.33. The molecule has 0 saturated heterocycles. The van der Waals surface area contributed by atoms with E-state index in [2.05, 4.69) is 10.6 Å². The first-order valence-corrected chi connectivity index (χ1v) is 8.73. The molecule has 0 fully saturated rings. The summed E-state index contributed by atoms with van der Waals surface area (Å²) in [6.45, 7) is 2.01. The Balaban J connectivity index is 1.73. The standard InChI is InChI=1S/C20H21ClN2O3/c1-14(20(26)22-13-15-5-3-2-4-6-15)23-19(25)12-11-18(24)16-7-9-17(21)10-8-16/h2-10,14H,11-13H2,1H3,(H,22,26)(H,23,25). The van der Waals surface area contributed by atoms with E-state index in [4.69, 9.17) is 11.6 Å². The Morgan fingerprint density at radius 3 is 2.27 bits per heavy atom. The van der Waals surface area contributed by atoms with Gasteiger partial charge in [-0.05, 0) is 36.8 Å². The first-order valence-electron chi connectivity index (χ1n) is 8.35. The normalized spacial score (nSPS) is 11.5. The molecule has 0 aliphatic heterocycles. The van der Waals surface area contributed by atoms with Gasteiger partial charge in [0, 0.05) is 30.0 Å². The lowest BCUT2D eigenvalue weighted by molar-refractivity contribution is -0.128. The van der Waals surface area contributed by atoms with E-state index >= 15 is 0 Å². The Bertz CT molecular complexity index is 760. The van der Waals surface area contributed by atoms with E-state index in [0.29, 0.717) is 17.1 Å². The van der Waals surface area contributed by atoms with Crippen LogP contribution in [0.4, 0.5) is 0 Å². The summed E-state index contributed by atoms with van der Waals surface area (Å²) in [6, 6.07) is 15.4. The average Bonchev–Trinajstić information content (AvgIpc) is 2.65. The monoisotopic (exact) mass is 372 g/mol. The van der Waals surface area contributed by atoms with Gasteiger partial charge in [-0.15, -0.1) is 0 Å². The molecular weight excluding hydrogens is 352 g/mol. The summed E-state index contributed by atoms with van der Waals surface area (Å²) in [7, 11) is 0. The topological polar surface area (TPSA) is 75.3 Å². The number of nitrogens with one attached hydrogen (secondary N) is 2. The number of carbonyl (C=O) groups is 3. The maximum atomic E-state index is 12.0.